The maximum absolute atomic E-state index is 13.3. The number of carbonyl (C=O) groups is 1. The largest absolute Gasteiger partial charge is 0.457 e. The van der Waals surface area contributed by atoms with Crippen LogP contribution < -0.4 is 15.5 Å². The average molecular weight is 362 g/mol. The van der Waals surface area contributed by atoms with Crippen molar-refractivity contribution in [3.63, 3.8) is 0 Å². The monoisotopic (exact) mass is 362 g/mol. The molecule has 2 N–H and O–H groups in total. The summed E-state index contributed by atoms with van der Waals surface area (Å²) in [4.78, 5) is 11.5. The van der Waals surface area contributed by atoms with Crippen LogP contribution in [-0.4, -0.2) is 35.5 Å². The molecule has 1 fully saturated rings. The minimum absolute atomic E-state index is 0.198. The molecule has 0 aromatic heterocycles. The Balaban J connectivity index is 1.79. The first-order valence-electron chi connectivity index (χ1n) is 7.88. The van der Waals surface area contributed by atoms with Gasteiger partial charge in [0.1, 0.15) is 11.5 Å². The van der Waals surface area contributed by atoms with E-state index in [9.17, 15) is 9.36 Å². The number of hydrogen-bond acceptors (Lipinski definition) is 5. The second-order valence-corrected chi connectivity index (χ2v) is 7.92. The molecule has 1 unspecified atom stereocenters. The predicted molar refractivity (Wildman–Crippen MR) is 92.3 cm³/mol. The van der Waals surface area contributed by atoms with Crippen molar-refractivity contribution in [1.82, 2.24) is 10.2 Å². The standard InChI is InChI=1S/C17H19N2O5P/c20-17(18-21)13-19-11-4-12-23-25(19,22)16-9-7-15(8-10-16)24-14-5-2-1-3-6-14/h1-3,5-10,21H,4,11-13H2,(H,18,20). The van der Waals surface area contributed by atoms with Crippen LogP contribution in [0.25, 0.3) is 0 Å². The van der Waals surface area contributed by atoms with Gasteiger partial charge in [0, 0.05) is 6.54 Å². The second-order valence-electron chi connectivity index (χ2n) is 5.54. The van der Waals surface area contributed by atoms with E-state index in [1.807, 2.05) is 30.3 Å². The lowest BCUT2D eigenvalue weighted by Crippen LogP contribution is -2.40. The van der Waals surface area contributed by atoms with Crippen molar-refractivity contribution in [1.29, 1.82) is 0 Å². The van der Waals surface area contributed by atoms with Crippen LogP contribution in [0.3, 0.4) is 0 Å². The Morgan fingerprint density at radius 3 is 2.52 bits per heavy atom. The molecular weight excluding hydrogens is 343 g/mol. The molecule has 0 bridgehead atoms. The second kappa shape index (κ2) is 7.80. The van der Waals surface area contributed by atoms with Crippen molar-refractivity contribution < 1.29 is 23.8 Å². The molecule has 1 aliphatic heterocycles. The van der Waals surface area contributed by atoms with Crippen molar-refractivity contribution in [2.75, 3.05) is 19.7 Å². The molecule has 1 heterocycles. The lowest BCUT2D eigenvalue weighted by molar-refractivity contribution is -0.129. The topological polar surface area (TPSA) is 88.1 Å². The van der Waals surface area contributed by atoms with Crippen LogP contribution in [0.15, 0.2) is 54.6 Å². The third kappa shape index (κ3) is 4.08. The molecule has 1 atom stereocenters. The number of amides is 1. The van der Waals surface area contributed by atoms with Gasteiger partial charge in [-0.25, -0.2) is 10.2 Å². The molecule has 25 heavy (non-hydrogen) atoms. The molecular formula is C17H19N2O5P. The van der Waals surface area contributed by atoms with Crippen LogP contribution in [-0.2, 0) is 13.9 Å². The van der Waals surface area contributed by atoms with Gasteiger partial charge in [0.25, 0.3) is 5.91 Å². The third-order valence-electron chi connectivity index (χ3n) is 3.79. The fraction of sp³-hybridized carbons (Fsp3) is 0.235. The first kappa shape index (κ1) is 17.6. The van der Waals surface area contributed by atoms with E-state index in [1.54, 1.807) is 29.7 Å². The molecule has 132 valence electrons. The van der Waals surface area contributed by atoms with E-state index in [2.05, 4.69) is 0 Å². The van der Waals surface area contributed by atoms with Gasteiger partial charge < -0.3 is 9.26 Å². The zero-order chi connectivity index (χ0) is 17.7. The SMILES string of the molecule is O=C(CN1CCCOP1(=O)c1ccc(Oc2ccccc2)cc1)NO. The normalized spacial score (nSPS) is 20.8. The summed E-state index contributed by atoms with van der Waals surface area (Å²) in [5.41, 5.74) is 1.56. The highest BCUT2D eigenvalue weighted by Crippen LogP contribution is 2.52. The van der Waals surface area contributed by atoms with Gasteiger partial charge in [0.05, 0.1) is 18.5 Å². The predicted octanol–water partition coefficient (Wildman–Crippen LogP) is 2.52. The van der Waals surface area contributed by atoms with E-state index in [0.717, 1.165) is 0 Å². The molecule has 0 saturated carbocycles. The minimum atomic E-state index is -3.34. The number of hydrogen-bond donors (Lipinski definition) is 2. The van der Waals surface area contributed by atoms with Crippen LogP contribution >= 0.6 is 7.52 Å². The first-order valence-corrected chi connectivity index (χ1v) is 9.46. The number of para-hydroxylation sites is 1. The fourth-order valence-corrected chi connectivity index (χ4v) is 4.85. The van der Waals surface area contributed by atoms with Crippen LogP contribution in [0.5, 0.6) is 11.5 Å². The first-order chi connectivity index (χ1) is 12.1. The molecule has 7 nitrogen and oxygen atoms in total. The highest BCUT2D eigenvalue weighted by molar-refractivity contribution is 7.64. The molecule has 1 saturated heterocycles. The molecule has 1 amide bonds. The minimum Gasteiger partial charge on any atom is -0.457 e. The van der Waals surface area contributed by atoms with Gasteiger partial charge in [-0.05, 0) is 42.8 Å². The van der Waals surface area contributed by atoms with Crippen LogP contribution in [0.1, 0.15) is 6.42 Å². The van der Waals surface area contributed by atoms with Crippen LogP contribution in [0.4, 0.5) is 0 Å². The summed E-state index contributed by atoms with van der Waals surface area (Å²) in [6, 6.07) is 16.1. The molecule has 0 radical (unpaired) electrons. The fourth-order valence-electron chi connectivity index (χ4n) is 2.59. The van der Waals surface area contributed by atoms with Crippen molar-refractivity contribution in [2.45, 2.75) is 6.42 Å². The molecule has 0 aliphatic carbocycles. The summed E-state index contributed by atoms with van der Waals surface area (Å²) in [5.74, 6) is 0.685. The molecule has 2 aromatic carbocycles. The Morgan fingerprint density at radius 2 is 1.84 bits per heavy atom. The summed E-state index contributed by atoms with van der Waals surface area (Å²) < 4.78 is 26.0. The number of nitrogens with zero attached hydrogens (tertiary/aromatic N) is 1. The van der Waals surface area contributed by atoms with Gasteiger partial charge in [-0.3, -0.25) is 14.6 Å². The maximum atomic E-state index is 13.3. The smallest absolute Gasteiger partial charge is 0.302 e. The van der Waals surface area contributed by atoms with Crippen molar-refractivity contribution >= 4 is 18.7 Å². The number of rotatable bonds is 5. The van der Waals surface area contributed by atoms with Gasteiger partial charge in [-0.15, -0.1) is 0 Å². The molecule has 1 aliphatic rings. The van der Waals surface area contributed by atoms with E-state index < -0.39 is 13.4 Å². The van der Waals surface area contributed by atoms with Gasteiger partial charge in [-0.1, -0.05) is 18.2 Å². The number of ether oxygens (including phenoxy) is 1. The van der Waals surface area contributed by atoms with Gasteiger partial charge >= 0.3 is 7.52 Å². The highest BCUT2D eigenvalue weighted by Gasteiger charge is 2.37. The zero-order valence-corrected chi connectivity index (χ0v) is 14.4. The third-order valence-corrected chi connectivity index (χ3v) is 6.36. The molecule has 8 heteroatoms. The highest BCUT2D eigenvalue weighted by atomic mass is 31.2. The van der Waals surface area contributed by atoms with E-state index in [-0.39, 0.29) is 6.54 Å². The van der Waals surface area contributed by atoms with Crippen molar-refractivity contribution in [2.24, 2.45) is 0 Å². The zero-order valence-electron chi connectivity index (χ0n) is 13.5. The maximum Gasteiger partial charge on any atom is 0.302 e. The lowest BCUT2D eigenvalue weighted by atomic mass is 10.3. The summed E-state index contributed by atoms with van der Waals surface area (Å²) in [6.45, 7) is 0.611. The van der Waals surface area contributed by atoms with E-state index >= 15 is 0 Å². The van der Waals surface area contributed by atoms with Crippen molar-refractivity contribution in [3.8, 4) is 11.5 Å². The average Bonchev–Trinajstić information content (AvgIpc) is 2.65. The Bertz CT molecular complexity index is 766. The Kier molecular flexibility index (Phi) is 5.50. The summed E-state index contributed by atoms with van der Waals surface area (Å²) in [6.07, 6.45) is 0.665. The van der Waals surface area contributed by atoms with Crippen molar-refractivity contribution in [3.05, 3.63) is 54.6 Å². The van der Waals surface area contributed by atoms with Gasteiger partial charge in [-0.2, -0.15) is 0 Å². The number of benzene rings is 2. The summed E-state index contributed by atoms with van der Waals surface area (Å²) in [5, 5.41) is 9.19. The number of hydroxylamine groups is 1. The van der Waals surface area contributed by atoms with E-state index in [1.165, 1.54) is 4.67 Å². The lowest BCUT2D eigenvalue weighted by Gasteiger charge is -2.34. The molecule has 0 spiro atoms. The van der Waals surface area contributed by atoms with Gasteiger partial charge in [0.15, 0.2) is 0 Å². The van der Waals surface area contributed by atoms with E-state index in [4.69, 9.17) is 14.5 Å². The Hall–Kier alpha value is -2.18. The van der Waals surface area contributed by atoms with Crippen LogP contribution in [0.2, 0.25) is 0 Å². The Morgan fingerprint density at radius 1 is 1.16 bits per heavy atom. The summed E-state index contributed by atoms with van der Waals surface area (Å²) in [7, 11) is -3.34. The number of carbonyl (C=O) groups excluding carboxylic acids is 1. The van der Waals surface area contributed by atoms with E-state index in [0.29, 0.717) is 36.4 Å². The Labute approximate surface area is 145 Å². The number of nitrogens with one attached hydrogen (secondary N) is 1. The molecule has 3 rings (SSSR count). The van der Waals surface area contributed by atoms with Crippen LogP contribution in [0, 0.1) is 0 Å². The quantitative estimate of drug-likeness (QED) is 0.483. The van der Waals surface area contributed by atoms with Gasteiger partial charge in [0.2, 0.25) is 0 Å². The summed E-state index contributed by atoms with van der Waals surface area (Å²) >= 11 is 0. The molecule has 2 aromatic rings.